The molecule has 0 bridgehead atoms. The van der Waals surface area contributed by atoms with Crippen molar-refractivity contribution >= 4 is 17.0 Å². The number of ether oxygens (including phenoxy) is 2. The van der Waals surface area contributed by atoms with Gasteiger partial charge in [-0.15, -0.1) is 15.2 Å². The van der Waals surface area contributed by atoms with E-state index in [4.69, 9.17) is 14.3 Å². The second-order valence-corrected chi connectivity index (χ2v) is 10.7. The van der Waals surface area contributed by atoms with E-state index < -0.39 is 12.8 Å². The number of aromatic nitrogens is 6. The molecule has 46 heavy (non-hydrogen) atoms. The maximum absolute atomic E-state index is 13.2. The highest BCUT2D eigenvalue weighted by molar-refractivity contribution is 6.02. The number of tetrazole rings is 1. The number of hydrazine groups is 1. The largest absolute Gasteiger partial charge is 0.569 e. The SMILES string of the molecule is CCOc1nc2cccc(C(=O)OCO/N=[N+](\[O-])N3CCCC(CO)C3)c2n1Cc1ccc(-c2ccccc2-c2nn[nH]n2)cc1. The van der Waals surface area contributed by atoms with Crippen molar-refractivity contribution in [1.29, 1.82) is 0 Å². The molecular weight excluding hydrogens is 594 g/mol. The fraction of sp³-hybridized carbons (Fsp3) is 0.323. The third kappa shape index (κ3) is 6.58. The lowest BCUT2D eigenvalue weighted by Gasteiger charge is -2.27. The number of aliphatic hydroxyl groups excluding tert-OH is 1. The number of hydrogen-bond acceptors (Lipinski definition) is 11. The first-order valence-electron chi connectivity index (χ1n) is 14.9. The van der Waals surface area contributed by atoms with Crippen LogP contribution in [0.3, 0.4) is 0 Å². The van der Waals surface area contributed by atoms with Crippen molar-refractivity contribution in [3.63, 3.8) is 0 Å². The lowest BCUT2D eigenvalue weighted by atomic mass is 9.98. The average Bonchev–Trinajstić information content (AvgIpc) is 3.76. The van der Waals surface area contributed by atoms with Crippen LogP contribution in [0.4, 0.5) is 0 Å². The van der Waals surface area contributed by atoms with Crippen molar-refractivity contribution in [3.8, 4) is 28.5 Å². The maximum Gasteiger partial charge on any atom is 0.343 e. The molecule has 15 nitrogen and oxygen atoms in total. The third-order valence-electron chi connectivity index (χ3n) is 7.71. The Bertz CT molecular complexity index is 1810. The Kier molecular flexibility index (Phi) is 9.29. The van der Waals surface area contributed by atoms with Gasteiger partial charge in [0.25, 0.3) is 12.8 Å². The molecular formula is C31H33N9O6. The number of nitrogens with zero attached hydrogens (tertiary/aromatic N) is 8. The molecule has 1 atom stereocenters. The Morgan fingerprint density at radius 2 is 1.96 bits per heavy atom. The number of para-hydroxylation sites is 1. The maximum atomic E-state index is 13.2. The van der Waals surface area contributed by atoms with Gasteiger partial charge in [-0.1, -0.05) is 54.6 Å². The molecule has 2 aromatic heterocycles. The Morgan fingerprint density at radius 1 is 1.13 bits per heavy atom. The summed E-state index contributed by atoms with van der Waals surface area (Å²) in [6, 6.07) is 21.3. The van der Waals surface area contributed by atoms with Crippen LogP contribution < -0.4 is 4.74 Å². The number of aliphatic hydroxyl groups is 1. The first kappa shape index (κ1) is 30.5. The number of aromatic amines is 1. The molecule has 1 aliphatic rings. The Balaban J connectivity index is 1.20. The monoisotopic (exact) mass is 627 g/mol. The van der Waals surface area contributed by atoms with E-state index >= 15 is 0 Å². The van der Waals surface area contributed by atoms with Crippen molar-refractivity contribution in [1.82, 2.24) is 35.2 Å². The van der Waals surface area contributed by atoms with Gasteiger partial charge in [0, 0.05) is 18.1 Å². The molecule has 1 aliphatic heterocycles. The first-order valence-corrected chi connectivity index (χ1v) is 14.9. The predicted molar refractivity (Wildman–Crippen MR) is 164 cm³/mol. The number of esters is 1. The molecule has 3 aromatic carbocycles. The summed E-state index contributed by atoms with van der Waals surface area (Å²) in [5.74, 6) is -0.162. The summed E-state index contributed by atoms with van der Waals surface area (Å²) >= 11 is 0. The number of nitrogens with one attached hydrogen (secondary N) is 1. The van der Waals surface area contributed by atoms with E-state index in [1.807, 2.05) is 60.0 Å². The van der Waals surface area contributed by atoms with Gasteiger partial charge in [-0.05, 0) is 53.8 Å². The van der Waals surface area contributed by atoms with Crippen molar-refractivity contribution in [2.24, 2.45) is 11.2 Å². The summed E-state index contributed by atoms with van der Waals surface area (Å²) in [7, 11) is 0. The second kappa shape index (κ2) is 14.0. The smallest absolute Gasteiger partial charge is 0.343 e. The number of carbonyl (C=O) groups is 1. The number of imidazole rings is 1. The van der Waals surface area contributed by atoms with Crippen molar-refractivity contribution in [3.05, 3.63) is 83.1 Å². The van der Waals surface area contributed by atoms with Gasteiger partial charge in [0.05, 0.1) is 47.8 Å². The van der Waals surface area contributed by atoms with E-state index in [0.29, 0.717) is 54.1 Å². The van der Waals surface area contributed by atoms with E-state index in [9.17, 15) is 15.1 Å². The third-order valence-corrected chi connectivity index (χ3v) is 7.71. The van der Waals surface area contributed by atoms with Crippen LogP contribution >= 0.6 is 0 Å². The van der Waals surface area contributed by atoms with E-state index in [1.165, 1.54) is 5.01 Å². The average molecular weight is 628 g/mol. The normalized spacial score (nSPS) is 15.2. The molecule has 0 spiro atoms. The van der Waals surface area contributed by atoms with E-state index in [2.05, 4.69) is 30.9 Å². The van der Waals surface area contributed by atoms with E-state index in [-0.39, 0.29) is 18.1 Å². The molecule has 3 heterocycles. The van der Waals surface area contributed by atoms with Gasteiger partial charge in [0.1, 0.15) is 0 Å². The molecule has 1 fully saturated rings. The van der Waals surface area contributed by atoms with Gasteiger partial charge in [0.2, 0.25) is 11.1 Å². The van der Waals surface area contributed by atoms with E-state index in [0.717, 1.165) is 35.1 Å². The molecule has 238 valence electrons. The first-order chi connectivity index (χ1) is 22.6. The Labute approximate surface area is 263 Å². The zero-order chi connectivity index (χ0) is 31.9. The number of piperidine rings is 1. The molecule has 2 N–H and O–H groups in total. The zero-order valence-corrected chi connectivity index (χ0v) is 25.2. The van der Waals surface area contributed by atoms with Crippen LogP contribution in [0.1, 0.15) is 35.7 Å². The quantitative estimate of drug-likeness (QED) is 0.0511. The number of fused-ring (bicyclic) bond motifs is 1. The molecule has 1 saturated heterocycles. The standard InChI is InChI=1S/C31H33N9O6/c1-2-44-31-32-27-11-5-10-26(30(42)45-20-46-37-40(43)38-16-6-7-22(17-38)19-41)28(27)39(31)18-21-12-14-23(15-13-21)24-8-3-4-9-25(24)29-33-35-36-34-29/h3-5,8-15,22,41H,2,6-7,16-20H2,1H3,(H,33,34,35,36)/b40-37-. The minimum atomic E-state index is -0.672. The summed E-state index contributed by atoms with van der Waals surface area (Å²) in [6.07, 6.45) is 1.60. The molecule has 1 unspecified atom stereocenters. The molecule has 15 heteroatoms. The number of benzene rings is 3. The van der Waals surface area contributed by atoms with Gasteiger partial charge in [-0.3, -0.25) is 4.57 Å². The lowest BCUT2D eigenvalue weighted by molar-refractivity contribution is -0.714. The minimum Gasteiger partial charge on any atom is -0.569 e. The number of H-pyrrole nitrogens is 1. The van der Waals surface area contributed by atoms with Gasteiger partial charge >= 0.3 is 5.97 Å². The summed E-state index contributed by atoms with van der Waals surface area (Å²) in [4.78, 5) is 23.2. The predicted octanol–water partition coefficient (Wildman–Crippen LogP) is 3.96. The van der Waals surface area contributed by atoms with Gasteiger partial charge in [-0.2, -0.15) is 10.2 Å². The molecule has 0 saturated carbocycles. The highest BCUT2D eigenvalue weighted by atomic mass is 16.8. The van der Waals surface area contributed by atoms with Crippen molar-refractivity contribution in [2.75, 3.05) is 33.1 Å². The lowest BCUT2D eigenvalue weighted by Crippen LogP contribution is -2.41. The number of hydrogen-bond donors (Lipinski definition) is 2. The van der Waals surface area contributed by atoms with Gasteiger partial charge in [-0.25, -0.2) is 4.79 Å². The minimum absolute atomic E-state index is 0.00159. The highest BCUT2D eigenvalue weighted by Gasteiger charge is 2.25. The summed E-state index contributed by atoms with van der Waals surface area (Å²) in [6.45, 7) is 2.91. The fourth-order valence-electron chi connectivity index (χ4n) is 5.52. The Morgan fingerprint density at radius 3 is 2.72 bits per heavy atom. The van der Waals surface area contributed by atoms with Crippen LogP contribution in [0, 0.1) is 11.1 Å². The van der Waals surface area contributed by atoms with Crippen LogP contribution in [0.15, 0.2) is 72.0 Å². The number of rotatable bonds is 12. The van der Waals surface area contributed by atoms with Crippen molar-refractivity contribution < 1.29 is 29.2 Å². The summed E-state index contributed by atoms with van der Waals surface area (Å²) < 4.78 is 13.0. The molecule has 6 rings (SSSR count). The van der Waals surface area contributed by atoms with Crippen LogP contribution in [-0.4, -0.2) is 84.3 Å². The number of carbonyl (C=O) groups excluding carboxylic acids is 1. The highest BCUT2D eigenvalue weighted by Crippen LogP contribution is 2.31. The topological polar surface area (TPSA) is 179 Å². The van der Waals surface area contributed by atoms with E-state index in [1.54, 1.807) is 18.2 Å². The fourth-order valence-corrected chi connectivity index (χ4v) is 5.52. The van der Waals surface area contributed by atoms with Crippen LogP contribution in [0.2, 0.25) is 0 Å². The summed E-state index contributed by atoms with van der Waals surface area (Å²) in [5.41, 5.74) is 5.09. The molecule has 0 radical (unpaired) electrons. The van der Waals surface area contributed by atoms with Crippen LogP contribution in [0.5, 0.6) is 6.01 Å². The molecule has 0 aliphatic carbocycles. The second-order valence-electron chi connectivity index (χ2n) is 10.7. The van der Waals surface area contributed by atoms with Crippen LogP contribution in [0.25, 0.3) is 33.5 Å². The Hall–Kier alpha value is -5.57. The van der Waals surface area contributed by atoms with Crippen LogP contribution in [-0.2, 0) is 16.1 Å². The van der Waals surface area contributed by atoms with Gasteiger partial charge < -0.3 is 24.6 Å². The van der Waals surface area contributed by atoms with Crippen molar-refractivity contribution in [2.45, 2.75) is 26.3 Å². The van der Waals surface area contributed by atoms with Gasteiger partial charge in [0.15, 0.2) is 0 Å². The molecule has 5 aromatic rings. The molecule has 0 amide bonds. The summed E-state index contributed by atoms with van der Waals surface area (Å²) in [5, 5.41) is 41.0. The zero-order valence-electron chi connectivity index (χ0n) is 25.2.